The minimum atomic E-state index is -4.69. The van der Waals surface area contributed by atoms with E-state index in [1.165, 1.54) is 50.2 Å². The third-order valence-corrected chi connectivity index (χ3v) is 11.0. The lowest BCUT2D eigenvalue weighted by Gasteiger charge is -2.36. The Labute approximate surface area is 386 Å². The van der Waals surface area contributed by atoms with Gasteiger partial charge in [0.25, 0.3) is 11.8 Å². The van der Waals surface area contributed by atoms with Crippen LogP contribution in [0.4, 0.5) is 47.3 Å². The van der Waals surface area contributed by atoms with E-state index in [9.17, 15) is 56.0 Å². The van der Waals surface area contributed by atoms with Gasteiger partial charge in [0.2, 0.25) is 0 Å². The van der Waals surface area contributed by atoms with E-state index in [1.807, 2.05) is 12.1 Å². The smallest absolute Gasteiger partial charge is 0.357 e. The molecule has 352 valence electrons. The lowest BCUT2D eigenvalue weighted by atomic mass is 9.93. The van der Waals surface area contributed by atoms with Crippen molar-refractivity contribution in [1.29, 1.82) is 15.9 Å². The van der Waals surface area contributed by atoms with Crippen LogP contribution in [0.5, 0.6) is 0 Å². The Bertz CT molecular complexity index is 2560. The van der Waals surface area contributed by atoms with Crippen molar-refractivity contribution in [3.05, 3.63) is 153 Å². The highest BCUT2D eigenvalue weighted by molar-refractivity contribution is 6.06. The monoisotopic (exact) mass is 939 g/mol. The number of nitrogens with one attached hydrogen (secondary N) is 7. The molecule has 0 radical (unpaired) electrons. The molecule has 0 bridgehead atoms. The molecule has 15 nitrogen and oxygen atoms in total. The predicted octanol–water partition coefficient (Wildman–Crippen LogP) is 7.38. The number of hydrogen-bond acceptors (Lipinski definition) is 7. The summed E-state index contributed by atoms with van der Waals surface area (Å²) in [5.41, 5.74) is -0.353. The van der Waals surface area contributed by atoms with Gasteiger partial charge in [0, 0.05) is 37.6 Å². The molecule has 6 amide bonds. The third kappa shape index (κ3) is 11.4. The number of nitriles is 2. The van der Waals surface area contributed by atoms with Gasteiger partial charge in [0.15, 0.2) is 5.96 Å². The highest BCUT2D eigenvalue weighted by Gasteiger charge is 2.40. The maximum Gasteiger partial charge on any atom is 0.416 e. The lowest BCUT2D eigenvalue weighted by molar-refractivity contribution is -0.138. The molecule has 7 N–H and O–H groups in total. The molecule has 6 rings (SSSR count). The topological polar surface area (TPSA) is 218 Å². The number of hydrogen-bond donors (Lipinski definition) is 7. The molecule has 0 saturated carbocycles. The fourth-order valence-electron chi connectivity index (χ4n) is 7.60. The Morgan fingerprint density at radius 1 is 0.603 bits per heavy atom. The van der Waals surface area contributed by atoms with Crippen molar-refractivity contribution in [3.63, 3.8) is 0 Å². The average Bonchev–Trinajstić information content (AvgIpc) is 3.30. The number of urea groups is 2. The Morgan fingerprint density at radius 3 is 1.29 bits per heavy atom. The Kier molecular flexibility index (Phi) is 15.1. The summed E-state index contributed by atoms with van der Waals surface area (Å²) in [7, 11) is 0. The van der Waals surface area contributed by atoms with Crippen LogP contribution in [-0.2, 0) is 21.9 Å². The van der Waals surface area contributed by atoms with Crippen LogP contribution in [0.2, 0.25) is 0 Å². The lowest BCUT2D eigenvalue weighted by Crippen LogP contribution is -2.49. The van der Waals surface area contributed by atoms with Crippen molar-refractivity contribution in [1.82, 2.24) is 31.9 Å². The van der Waals surface area contributed by atoms with Gasteiger partial charge >= 0.3 is 24.4 Å². The van der Waals surface area contributed by atoms with Gasteiger partial charge in [-0.15, -0.1) is 0 Å². The molecule has 0 aliphatic carbocycles. The molecule has 2 aliphatic rings. The van der Waals surface area contributed by atoms with Gasteiger partial charge in [-0.3, -0.25) is 24.8 Å². The molecule has 2 heterocycles. The number of benzene rings is 4. The van der Waals surface area contributed by atoms with E-state index in [4.69, 9.17) is 5.41 Å². The van der Waals surface area contributed by atoms with Gasteiger partial charge in [0.1, 0.15) is 0 Å². The molecule has 0 fully saturated rings. The van der Waals surface area contributed by atoms with E-state index < -0.39 is 59.4 Å². The zero-order chi connectivity index (χ0) is 49.3. The molecule has 2 aliphatic heterocycles. The predicted molar refractivity (Wildman–Crippen MR) is 237 cm³/mol. The van der Waals surface area contributed by atoms with Crippen molar-refractivity contribution in [2.75, 3.05) is 36.0 Å². The molecule has 0 aromatic heterocycles. The summed E-state index contributed by atoms with van der Waals surface area (Å²) in [5.74, 6) is -1.30. The zero-order valence-electron chi connectivity index (χ0n) is 36.3. The molecule has 4 aromatic rings. The van der Waals surface area contributed by atoms with E-state index in [2.05, 4.69) is 31.9 Å². The van der Waals surface area contributed by atoms with Crippen LogP contribution >= 0.6 is 0 Å². The first-order valence-corrected chi connectivity index (χ1v) is 20.9. The van der Waals surface area contributed by atoms with Crippen LogP contribution < -0.4 is 41.7 Å². The zero-order valence-corrected chi connectivity index (χ0v) is 36.3. The summed E-state index contributed by atoms with van der Waals surface area (Å²) in [6, 6.07) is 21.0. The van der Waals surface area contributed by atoms with Crippen molar-refractivity contribution in [2.24, 2.45) is 0 Å². The number of nitrogens with zero attached hydrogens (tertiary/aromatic N) is 4. The minimum Gasteiger partial charge on any atom is -0.357 e. The summed E-state index contributed by atoms with van der Waals surface area (Å²) in [6.45, 7) is 3.50. The number of allylic oxidation sites excluding steroid dienone is 2. The Balaban J connectivity index is 1.04. The molecule has 0 spiro atoms. The SMILES string of the molecule is CC1=C(C(=O)NCCCNC(=N)NCCCNC(=O)C2=C(C)N(c3cccc(C(F)(F)F)c3)C(=O)N[C@@H]2c2ccc(C#N)cc2)[C@@H](c2ccc(C#N)cc2)NC(=O)N1c1cccc(C(F)(F)F)c1. The van der Waals surface area contributed by atoms with Crippen molar-refractivity contribution >= 4 is 41.2 Å². The van der Waals surface area contributed by atoms with Crippen LogP contribution in [0.15, 0.2) is 120 Å². The van der Waals surface area contributed by atoms with Crippen LogP contribution in [0.3, 0.4) is 0 Å². The molecule has 68 heavy (non-hydrogen) atoms. The quantitative estimate of drug-likeness (QED) is 0.0292. The van der Waals surface area contributed by atoms with Crippen molar-refractivity contribution < 1.29 is 45.5 Å². The van der Waals surface area contributed by atoms with E-state index in [-0.39, 0.29) is 66.1 Å². The van der Waals surface area contributed by atoms with Gasteiger partial charge in [0.05, 0.1) is 69.0 Å². The van der Waals surface area contributed by atoms with Gasteiger partial charge in [-0.25, -0.2) is 9.59 Å². The van der Waals surface area contributed by atoms with Crippen LogP contribution in [0.25, 0.3) is 0 Å². The van der Waals surface area contributed by atoms with E-state index in [0.717, 1.165) is 46.2 Å². The summed E-state index contributed by atoms with van der Waals surface area (Å²) >= 11 is 0. The second-order valence-electron chi connectivity index (χ2n) is 15.4. The van der Waals surface area contributed by atoms with Crippen LogP contribution in [-0.4, -0.2) is 56.0 Å². The number of carbonyl (C=O) groups is 4. The number of alkyl halides is 6. The first-order valence-electron chi connectivity index (χ1n) is 20.9. The molecular weight excluding hydrogens is 897 g/mol. The van der Waals surface area contributed by atoms with Gasteiger partial charge < -0.3 is 31.9 Å². The average molecular weight is 940 g/mol. The highest BCUT2D eigenvalue weighted by Crippen LogP contribution is 2.39. The number of halogens is 6. The van der Waals surface area contributed by atoms with E-state index in [0.29, 0.717) is 35.1 Å². The van der Waals surface area contributed by atoms with E-state index >= 15 is 0 Å². The normalized spacial score (nSPS) is 16.3. The van der Waals surface area contributed by atoms with Gasteiger partial charge in [-0.05, 0) is 98.5 Å². The Hall–Kier alpha value is -8.33. The van der Waals surface area contributed by atoms with E-state index in [1.54, 1.807) is 24.3 Å². The van der Waals surface area contributed by atoms with Gasteiger partial charge in [-0.2, -0.15) is 36.9 Å². The molecule has 21 heteroatoms. The minimum absolute atomic E-state index is 0.0543. The summed E-state index contributed by atoms with van der Waals surface area (Å²) in [6.07, 6.45) is -8.75. The molecule has 0 unspecified atom stereocenters. The first-order chi connectivity index (χ1) is 32.3. The van der Waals surface area contributed by atoms with Crippen molar-refractivity contribution in [2.45, 2.75) is 51.1 Å². The second-order valence-corrected chi connectivity index (χ2v) is 15.4. The Morgan fingerprint density at radius 2 is 0.956 bits per heavy atom. The number of amides is 6. The van der Waals surface area contributed by atoms with Gasteiger partial charge in [-0.1, -0.05) is 36.4 Å². The number of guanidine groups is 1. The number of carbonyl (C=O) groups excluding carboxylic acids is 4. The largest absolute Gasteiger partial charge is 0.416 e. The molecular formula is C47H43F6N11O4. The molecule has 2 atom stereocenters. The third-order valence-electron chi connectivity index (χ3n) is 11.0. The standard InChI is InChI=1S/C47H43F6N11O4/c1-27-37(39(31-15-11-29(25-54)12-16-31)61-44(67)63(27)35-9-3-7-33(23-35)46(48,49)50)41(65)57-19-5-21-59-43(56)60-22-6-20-58-42(66)38-28(2)64(36-10-4-8-34(24-36)47(51,52)53)45(68)62-40(38)32-17-13-30(26-55)14-18-32/h3-4,7-18,23-24,39-40H,5-6,19-22H2,1-2H3,(H,57,65)(H,58,66)(H,61,67)(H,62,68)(H3,56,59,60)/t39-,40-/m1/s1. The maximum absolute atomic E-state index is 13.8. The molecule has 0 saturated heterocycles. The highest BCUT2D eigenvalue weighted by atomic mass is 19.4. The summed E-state index contributed by atoms with van der Waals surface area (Å²) in [4.78, 5) is 56.4. The summed E-state index contributed by atoms with van der Waals surface area (Å²) < 4.78 is 81.5. The molecule has 4 aromatic carbocycles. The fourth-order valence-corrected chi connectivity index (χ4v) is 7.60. The second kappa shape index (κ2) is 20.9. The van der Waals surface area contributed by atoms with Crippen molar-refractivity contribution in [3.8, 4) is 12.1 Å². The fraction of sp³-hybridized carbons (Fsp3) is 0.255. The first kappa shape index (κ1) is 49.1. The maximum atomic E-state index is 13.8. The summed E-state index contributed by atoms with van der Waals surface area (Å²) in [5, 5.41) is 43.5. The number of anilines is 2. The van der Waals surface area contributed by atoms with Crippen LogP contribution in [0, 0.1) is 28.1 Å². The number of rotatable bonds is 14. The van der Waals surface area contributed by atoms with Crippen LogP contribution in [0.1, 0.15) is 72.2 Å².